The second kappa shape index (κ2) is 5.60. The van der Waals surface area contributed by atoms with Gasteiger partial charge in [0.15, 0.2) is 5.67 Å². The van der Waals surface area contributed by atoms with E-state index in [-0.39, 0.29) is 17.1 Å². The van der Waals surface area contributed by atoms with E-state index in [2.05, 4.69) is 31.4 Å². The first-order valence-corrected chi connectivity index (χ1v) is 9.56. The van der Waals surface area contributed by atoms with Crippen molar-refractivity contribution in [1.82, 2.24) is 0 Å². The molecule has 1 fully saturated rings. The maximum atomic E-state index is 14.3. The number of halogens is 1. The normalized spacial score (nSPS) is 28.1. The van der Waals surface area contributed by atoms with Gasteiger partial charge in [0.2, 0.25) is 5.91 Å². The molecule has 144 valence electrons. The van der Waals surface area contributed by atoms with Crippen molar-refractivity contribution in [2.24, 2.45) is 10.8 Å². The number of carbonyl (C=O) groups excluding carboxylic acids is 1. The number of benzene rings is 1. The summed E-state index contributed by atoms with van der Waals surface area (Å²) in [6.07, 6.45) is 5.05. The molecule has 0 spiro atoms. The monoisotopic (exact) mass is 370 g/mol. The lowest BCUT2D eigenvalue weighted by molar-refractivity contribution is -0.119. The lowest BCUT2D eigenvalue weighted by atomic mass is 9.85. The van der Waals surface area contributed by atoms with Gasteiger partial charge in [0.05, 0.1) is 5.41 Å². The number of allylic oxidation sites excluding steroid dienone is 2. The molecule has 4 rings (SSSR count). The van der Waals surface area contributed by atoms with Gasteiger partial charge < -0.3 is 15.7 Å². The van der Waals surface area contributed by atoms with Crippen LogP contribution in [0.15, 0.2) is 41.7 Å². The van der Waals surface area contributed by atoms with Gasteiger partial charge in [-0.3, -0.25) is 4.79 Å². The highest BCUT2D eigenvalue weighted by Crippen LogP contribution is 2.56. The van der Waals surface area contributed by atoms with Crippen molar-refractivity contribution in [3.8, 4) is 0 Å². The second-order valence-corrected chi connectivity index (χ2v) is 9.38. The maximum absolute atomic E-state index is 14.3. The summed E-state index contributed by atoms with van der Waals surface area (Å²) < 4.78 is 14.3. The lowest BCUT2D eigenvalue weighted by Gasteiger charge is -2.27. The van der Waals surface area contributed by atoms with E-state index in [4.69, 9.17) is 0 Å². The zero-order valence-corrected chi connectivity index (χ0v) is 16.3. The van der Waals surface area contributed by atoms with Crippen LogP contribution in [0.25, 0.3) is 0 Å². The Bertz CT molecular complexity index is 873. The summed E-state index contributed by atoms with van der Waals surface area (Å²) in [5.41, 5.74) is 1.22. The highest BCUT2D eigenvalue weighted by Gasteiger charge is 2.54. The molecule has 1 saturated carbocycles. The Morgan fingerprint density at radius 2 is 2.04 bits per heavy atom. The van der Waals surface area contributed by atoms with Crippen LogP contribution in [0, 0.1) is 10.8 Å². The Morgan fingerprint density at radius 1 is 1.33 bits per heavy atom. The van der Waals surface area contributed by atoms with E-state index in [1.807, 2.05) is 18.2 Å². The number of carbonyl (C=O) groups is 1. The van der Waals surface area contributed by atoms with Crippen molar-refractivity contribution >= 4 is 17.3 Å². The molecular formula is C22H27FN2O2. The molecular weight excluding hydrogens is 343 g/mol. The smallest absolute Gasteiger partial charge is 0.235 e. The van der Waals surface area contributed by atoms with Gasteiger partial charge in [-0.2, -0.15) is 0 Å². The van der Waals surface area contributed by atoms with Crippen molar-refractivity contribution in [3.63, 3.8) is 0 Å². The molecule has 3 aliphatic rings. The van der Waals surface area contributed by atoms with Crippen LogP contribution in [0.5, 0.6) is 0 Å². The van der Waals surface area contributed by atoms with Crippen LogP contribution >= 0.6 is 0 Å². The van der Waals surface area contributed by atoms with E-state index < -0.39 is 11.1 Å². The third-order valence-corrected chi connectivity index (χ3v) is 6.12. The number of nitrogens with one attached hydrogen (secondary N) is 2. The van der Waals surface area contributed by atoms with Crippen LogP contribution in [0.2, 0.25) is 0 Å². The van der Waals surface area contributed by atoms with Crippen molar-refractivity contribution in [3.05, 3.63) is 47.2 Å². The van der Waals surface area contributed by atoms with E-state index in [1.165, 1.54) is 24.6 Å². The fourth-order valence-electron chi connectivity index (χ4n) is 3.96. The zero-order valence-electron chi connectivity index (χ0n) is 16.3. The number of aliphatic hydroxyl groups is 1. The van der Waals surface area contributed by atoms with E-state index in [1.54, 1.807) is 0 Å². The highest BCUT2D eigenvalue weighted by atomic mass is 19.1. The first kappa shape index (κ1) is 18.1. The number of anilines is 2. The van der Waals surface area contributed by atoms with Gasteiger partial charge in [-0.1, -0.05) is 20.8 Å². The largest absolute Gasteiger partial charge is 0.509 e. The Labute approximate surface area is 159 Å². The van der Waals surface area contributed by atoms with E-state index >= 15 is 0 Å². The standard InChI is InChI=1S/C22H27FN2O2/c1-20(2,3)17-10-13-9-15(5-6-16(13)25-17)24-19(27)22(7-8-22)14-11-18(26)21(4,23)12-14/h5-6,9,11-12,17,25-26H,7-8,10H2,1-4H3,(H,24,27). The van der Waals surface area contributed by atoms with Crippen LogP contribution < -0.4 is 10.6 Å². The molecule has 2 atom stereocenters. The minimum atomic E-state index is -1.88. The molecule has 4 nitrogen and oxygen atoms in total. The highest BCUT2D eigenvalue weighted by molar-refractivity contribution is 6.00. The number of amides is 1. The van der Waals surface area contributed by atoms with Gasteiger partial charge in [-0.15, -0.1) is 0 Å². The minimum absolute atomic E-state index is 0.131. The minimum Gasteiger partial charge on any atom is -0.509 e. The van der Waals surface area contributed by atoms with Crippen molar-refractivity contribution in [1.29, 1.82) is 0 Å². The summed E-state index contributed by atoms with van der Waals surface area (Å²) in [6, 6.07) is 6.31. The summed E-state index contributed by atoms with van der Waals surface area (Å²) >= 11 is 0. The molecule has 5 heteroatoms. The number of alkyl halides is 1. The van der Waals surface area contributed by atoms with Crippen molar-refractivity contribution < 1.29 is 14.3 Å². The van der Waals surface area contributed by atoms with Crippen LogP contribution in [0.1, 0.15) is 46.1 Å². The van der Waals surface area contributed by atoms with Crippen LogP contribution in [-0.2, 0) is 11.2 Å². The van der Waals surface area contributed by atoms with E-state index in [9.17, 15) is 14.3 Å². The molecule has 3 N–H and O–H groups in total. The molecule has 0 saturated heterocycles. The first-order valence-electron chi connectivity index (χ1n) is 9.56. The molecule has 1 heterocycles. The summed E-state index contributed by atoms with van der Waals surface area (Å²) in [4.78, 5) is 12.9. The number of rotatable bonds is 3. The number of aliphatic hydroxyl groups excluding tert-OH is 1. The SMILES string of the molecule is CC1(F)C=C(C2(C(=O)Nc3ccc4c(c3)CC(C(C)(C)C)N4)CC2)C=C1O. The molecule has 0 bridgehead atoms. The molecule has 2 unspecified atom stereocenters. The number of hydrogen-bond acceptors (Lipinski definition) is 3. The topological polar surface area (TPSA) is 61.4 Å². The summed E-state index contributed by atoms with van der Waals surface area (Å²) in [5.74, 6) is -0.456. The molecule has 2 aliphatic carbocycles. The van der Waals surface area contributed by atoms with E-state index in [0.717, 1.165) is 17.8 Å². The van der Waals surface area contributed by atoms with Gasteiger partial charge in [0.25, 0.3) is 0 Å². The quantitative estimate of drug-likeness (QED) is 0.709. The van der Waals surface area contributed by atoms with Crippen molar-refractivity contribution in [2.75, 3.05) is 10.6 Å². The van der Waals surface area contributed by atoms with Gasteiger partial charge in [0, 0.05) is 17.4 Å². The molecule has 0 radical (unpaired) electrons. The van der Waals surface area contributed by atoms with Gasteiger partial charge >= 0.3 is 0 Å². The molecule has 1 aromatic rings. The molecule has 0 aromatic heterocycles. The average molecular weight is 370 g/mol. The second-order valence-electron chi connectivity index (χ2n) is 9.38. The fraction of sp³-hybridized carbons (Fsp3) is 0.500. The molecule has 1 aromatic carbocycles. The zero-order chi connectivity index (χ0) is 19.6. The van der Waals surface area contributed by atoms with Crippen LogP contribution in [-0.4, -0.2) is 22.7 Å². The number of fused-ring (bicyclic) bond motifs is 1. The van der Waals surface area contributed by atoms with Crippen LogP contribution in [0.4, 0.5) is 15.8 Å². The first-order chi connectivity index (χ1) is 12.5. The fourth-order valence-corrected chi connectivity index (χ4v) is 3.96. The Hall–Kier alpha value is -2.30. The van der Waals surface area contributed by atoms with Gasteiger partial charge in [-0.25, -0.2) is 4.39 Å². The van der Waals surface area contributed by atoms with Crippen LogP contribution in [0.3, 0.4) is 0 Å². The maximum Gasteiger partial charge on any atom is 0.235 e. The molecule has 1 aliphatic heterocycles. The summed E-state index contributed by atoms with van der Waals surface area (Å²) in [5, 5.41) is 16.3. The Morgan fingerprint density at radius 3 is 2.59 bits per heavy atom. The summed E-state index contributed by atoms with van der Waals surface area (Å²) in [6.45, 7) is 7.95. The third kappa shape index (κ3) is 3.03. The number of hydrogen-bond donors (Lipinski definition) is 3. The Balaban J connectivity index is 1.51. The van der Waals surface area contributed by atoms with Crippen molar-refractivity contribution in [2.45, 2.75) is 58.7 Å². The van der Waals surface area contributed by atoms with E-state index in [0.29, 0.717) is 24.5 Å². The Kier molecular flexibility index (Phi) is 3.75. The van der Waals surface area contributed by atoms with Gasteiger partial charge in [-0.05, 0) is 73.1 Å². The molecule has 27 heavy (non-hydrogen) atoms. The molecule has 1 amide bonds. The average Bonchev–Trinajstić information content (AvgIpc) is 3.18. The third-order valence-electron chi connectivity index (χ3n) is 6.12. The predicted octanol–water partition coefficient (Wildman–Crippen LogP) is 4.90. The predicted molar refractivity (Wildman–Crippen MR) is 106 cm³/mol. The van der Waals surface area contributed by atoms with Gasteiger partial charge in [0.1, 0.15) is 5.76 Å². The lowest BCUT2D eigenvalue weighted by Crippen LogP contribution is -2.31. The summed E-state index contributed by atoms with van der Waals surface area (Å²) in [7, 11) is 0.